The van der Waals surface area contributed by atoms with Crippen LogP contribution in [0.25, 0.3) is 10.9 Å². The quantitative estimate of drug-likeness (QED) is 0.568. The van der Waals surface area contributed by atoms with Crippen LogP contribution in [0.5, 0.6) is 5.75 Å². The summed E-state index contributed by atoms with van der Waals surface area (Å²) in [6.07, 6.45) is 1.63. The number of nitrogens with one attached hydrogen (secondary N) is 1. The van der Waals surface area contributed by atoms with Gasteiger partial charge in [-0.1, -0.05) is 11.6 Å². The van der Waals surface area contributed by atoms with Crippen LogP contribution in [0, 0.1) is 0 Å². The van der Waals surface area contributed by atoms with Crippen LogP contribution in [0.2, 0.25) is 5.02 Å². The Morgan fingerprint density at radius 3 is 2.78 bits per heavy atom. The number of nitrogens with zero attached hydrogens (tertiary/aromatic N) is 2. The lowest BCUT2D eigenvalue weighted by Crippen LogP contribution is -2.36. The van der Waals surface area contributed by atoms with Gasteiger partial charge in [0.1, 0.15) is 11.3 Å². The van der Waals surface area contributed by atoms with Gasteiger partial charge in [0.2, 0.25) is 0 Å². The van der Waals surface area contributed by atoms with E-state index in [-0.39, 0.29) is 12.2 Å². The number of hydrogen-bond donors (Lipinski definition) is 1. The number of carbonyl (C=O) groups excluding carboxylic acids is 2. The van der Waals surface area contributed by atoms with Crippen molar-refractivity contribution in [1.29, 1.82) is 0 Å². The maximum atomic E-state index is 12.6. The van der Waals surface area contributed by atoms with Crippen LogP contribution in [-0.2, 0) is 14.3 Å². The Morgan fingerprint density at radius 2 is 2.00 bits per heavy atom. The van der Waals surface area contributed by atoms with Gasteiger partial charge in [0.25, 0.3) is 5.91 Å². The van der Waals surface area contributed by atoms with Crippen molar-refractivity contribution in [2.24, 2.45) is 0 Å². The molecule has 1 N–H and O–H groups in total. The molecule has 3 aromatic rings. The molecule has 166 valence electrons. The second-order valence-corrected chi connectivity index (χ2v) is 7.51. The van der Waals surface area contributed by atoms with Crippen molar-refractivity contribution < 1.29 is 23.8 Å². The summed E-state index contributed by atoms with van der Waals surface area (Å²) in [4.78, 5) is 31.3. The summed E-state index contributed by atoms with van der Waals surface area (Å²) in [6.45, 7) is 2.43. The molecule has 0 bridgehead atoms. The summed E-state index contributed by atoms with van der Waals surface area (Å²) in [5, 5.41) is 4.02. The van der Waals surface area contributed by atoms with E-state index in [1.54, 1.807) is 36.5 Å². The molecular weight excluding hydrogens is 434 g/mol. The average molecular weight is 456 g/mol. The number of methoxy groups -OCH3 is 1. The number of ether oxygens (including phenoxy) is 3. The van der Waals surface area contributed by atoms with Crippen LogP contribution >= 0.6 is 11.6 Å². The second kappa shape index (κ2) is 9.84. The van der Waals surface area contributed by atoms with E-state index in [9.17, 15) is 9.59 Å². The predicted octanol–water partition coefficient (Wildman–Crippen LogP) is 3.53. The zero-order valence-corrected chi connectivity index (χ0v) is 18.2. The Balaban J connectivity index is 1.49. The van der Waals surface area contributed by atoms with Gasteiger partial charge in [-0.3, -0.25) is 9.78 Å². The summed E-state index contributed by atoms with van der Waals surface area (Å²) in [6, 6.07) is 12.2. The first kappa shape index (κ1) is 21.9. The predicted molar refractivity (Wildman–Crippen MR) is 122 cm³/mol. The molecule has 1 aromatic heterocycles. The maximum absolute atomic E-state index is 12.6. The van der Waals surface area contributed by atoms with Crippen LogP contribution in [0.4, 0.5) is 11.4 Å². The van der Waals surface area contributed by atoms with Gasteiger partial charge in [-0.15, -0.1) is 0 Å². The average Bonchev–Trinajstić information content (AvgIpc) is 2.84. The molecule has 0 aliphatic carbocycles. The first-order valence-corrected chi connectivity index (χ1v) is 10.5. The van der Waals surface area contributed by atoms with E-state index in [0.717, 1.165) is 24.2 Å². The third kappa shape index (κ3) is 4.76. The summed E-state index contributed by atoms with van der Waals surface area (Å²) in [5.41, 5.74) is 2.05. The molecule has 0 atom stereocenters. The van der Waals surface area contributed by atoms with Gasteiger partial charge in [0, 0.05) is 30.4 Å². The summed E-state index contributed by atoms with van der Waals surface area (Å²) >= 11 is 6.20. The van der Waals surface area contributed by atoms with Crippen LogP contribution < -0.4 is 15.0 Å². The summed E-state index contributed by atoms with van der Waals surface area (Å²) in [5.74, 6) is -0.520. The molecule has 0 radical (unpaired) electrons. The molecule has 8 nitrogen and oxygen atoms in total. The smallest absolute Gasteiger partial charge is 0.340 e. The molecule has 9 heteroatoms. The fourth-order valence-electron chi connectivity index (χ4n) is 3.50. The van der Waals surface area contributed by atoms with Gasteiger partial charge in [-0.2, -0.15) is 0 Å². The van der Waals surface area contributed by atoms with Gasteiger partial charge < -0.3 is 24.4 Å². The molecule has 1 fully saturated rings. The van der Waals surface area contributed by atoms with Crippen molar-refractivity contribution in [3.63, 3.8) is 0 Å². The number of hydrogen-bond acceptors (Lipinski definition) is 7. The minimum atomic E-state index is -0.538. The third-order valence-electron chi connectivity index (χ3n) is 5.10. The van der Waals surface area contributed by atoms with Gasteiger partial charge in [-0.05, 0) is 42.5 Å². The third-order valence-corrected chi connectivity index (χ3v) is 5.43. The van der Waals surface area contributed by atoms with Crippen molar-refractivity contribution in [2.75, 3.05) is 50.2 Å². The Hall–Kier alpha value is -3.36. The van der Waals surface area contributed by atoms with E-state index in [1.807, 2.05) is 12.1 Å². The van der Waals surface area contributed by atoms with Crippen LogP contribution in [-0.4, -0.2) is 56.9 Å². The Kier molecular flexibility index (Phi) is 6.72. The highest BCUT2D eigenvalue weighted by Crippen LogP contribution is 2.30. The number of pyridine rings is 1. The minimum Gasteiger partial charge on any atom is -0.481 e. The van der Waals surface area contributed by atoms with E-state index in [2.05, 4.69) is 15.2 Å². The van der Waals surface area contributed by atoms with Gasteiger partial charge >= 0.3 is 5.97 Å². The zero-order valence-electron chi connectivity index (χ0n) is 17.5. The van der Waals surface area contributed by atoms with Crippen molar-refractivity contribution in [3.05, 3.63) is 59.2 Å². The standard InChI is InChI=1S/C23H22ClN3O5/c1-30-23(29)17-13-15(27-9-11-31-12-10-27)4-6-19(17)26-21(28)14-32-20-7-5-18(24)16-3-2-8-25-22(16)20/h2-8,13H,9-12,14H2,1H3,(H,26,28). The zero-order chi connectivity index (χ0) is 22.5. The lowest BCUT2D eigenvalue weighted by atomic mass is 10.1. The topological polar surface area (TPSA) is 90.0 Å². The molecule has 1 aliphatic rings. The molecule has 1 aliphatic heterocycles. The highest BCUT2D eigenvalue weighted by Gasteiger charge is 2.19. The van der Waals surface area contributed by atoms with Crippen molar-refractivity contribution in [1.82, 2.24) is 4.98 Å². The number of aromatic nitrogens is 1. The highest BCUT2D eigenvalue weighted by atomic mass is 35.5. The molecule has 1 saturated heterocycles. The Labute approximate surface area is 190 Å². The van der Waals surface area contributed by atoms with Gasteiger partial charge in [-0.25, -0.2) is 4.79 Å². The van der Waals surface area contributed by atoms with E-state index in [0.29, 0.717) is 35.2 Å². The number of benzene rings is 2. The Morgan fingerprint density at radius 1 is 1.19 bits per heavy atom. The molecule has 0 saturated carbocycles. The lowest BCUT2D eigenvalue weighted by Gasteiger charge is -2.29. The number of halogens is 1. The molecule has 32 heavy (non-hydrogen) atoms. The minimum absolute atomic E-state index is 0.265. The number of rotatable bonds is 6. The van der Waals surface area contributed by atoms with Crippen LogP contribution in [0.3, 0.4) is 0 Å². The number of carbonyl (C=O) groups is 2. The van der Waals surface area contributed by atoms with Crippen molar-refractivity contribution in [3.8, 4) is 5.75 Å². The van der Waals surface area contributed by atoms with Crippen molar-refractivity contribution >= 4 is 45.8 Å². The van der Waals surface area contributed by atoms with Gasteiger partial charge in [0.15, 0.2) is 6.61 Å². The number of fused-ring (bicyclic) bond motifs is 1. The molecule has 4 rings (SSSR count). The Bertz CT molecular complexity index is 1150. The maximum Gasteiger partial charge on any atom is 0.340 e. The largest absolute Gasteiger partial charge is 0.481 e. The second-order valence-electron chi connectivity index (χ2n) is 7.10. The summed E-state index contributed by atoms with van der Waals surface area (Å²) < 4.78 is 16.0. The normalized spacial score (nSPS) is 13.6. The number of morpholine rings is 1. The monoisotopic (exact) mass is 455 g/mol. The molecule has 0 unspecified atom stereocenters. The molecule has 2 aromatic carbocycles. The number of anilines is 2. The molecule has 2 heterocycles. The van der Waals surface area contributed by atoms with Crippen molar-refractivity contribution in [2.45, 2.75) is 0 Å². The molecule has 0 spiro atoms. The fraction of sp³-hybridized carbons (Fsp3) is 0.261. The van der Waals surface area contributed by atoms with Gasteiger partial charge in [0.05, 0.1) is 36.6 Å². The number of esters is 1. The van der Waals surface area contributed by atoms with E-state index >= 15 is 0 Å². The lowest BCUT2D eigenvalue weighted by molar-refractivity contribution is -0.118. The first-order valence-electron chi connectivity index (χ1n) is 10.1. The van der Waals surface area contributed by atoms with E-state index < -0.39 is 11.9 Å². The first-order chi connectivity index (χ1) is 15.6. The SMILES string of the molecule is COC(=O)c1cc(N2CCOCC2)ccc1NC(=O)COc1ccc(Cl)c2cccnc12. The van der Waals surface area contributed by atoms with E-state index in [4.69, 9.17) is 25.8 Å². The number of amides is 1. The van der Waals surface area contributed by atoms with Crippen LogP contribution in [0.15, 0.2) is 48.7 Å². The molecular formula is C23H22ClN3O5. The molecule has 1 amide bonds. The fourth-order valence-corrected chi connectivity index (χ4v) is 3.71. The van der Waals surface area contributed by atoms with E-state index in [1.165, 1.54) is 7.11 Å². The highest BCUT2D eigenvalue weighted by molar-refractivity contribution is 6.35. The van der Waals surface area contributed by atoms with Crippen LogP contribution in [0.1, 0.15) is 10.4 Å². The summed E-state index contributed by atoms with van der Waals surface area (Å²) in [7, 11) is 1.30.